The predicted octanol–water partition coefficient (Wildman–Crippen LogP) is 0.349. The molecule has 8 heteroatoms. The zero-order valence-corrected chi connectivity index (χ0v) is 13.0. The smallest absolute Gasteiger partial charge is 0.239 e. The minimum atomic E-state index is -0.174. The fourth-order valence-electron chi connectivity index (χ4n) is 2.18. The van der Waals surface area contributed by atoms with E-state index in [9.17, 15) is 9.59 Å². The number of carbonyl (C=O) groups is 2. The Morgan fingerprint density at radius 1 is 1.19 bits per heavy atom. The molecule has 116 valence electrons. The van der Waals surface area contributed by atoms with Crippen LogP contribution in [0, 0.1) is 0 Å². The first-order chi connectivity index (χ1) is 10.2. The number of thioether (sulfide) groups is 1. The normalized spacial score (nSPS) is 14.1. The average Bonchev–Trinajstić information content (AvgIpc) is 2.70. The lowest BCUT2D eigenvalue weighted by atomic mass is 10.2. The first kappa shape index (κ1) is 15.8. The minimum absolute atomic E-state index is 0.0190. The van der Waals surface area contributed by atoms with Crippen LogP contribution in [0.1, 0.15) is 32.0 Å². The van der Waals surface area contributed by atoms with Crippen LogP contribution in [-0.4, -0.2) is 45.4 Å². The first-order valence-electron chi connectivity index (χ1n) is 7.29. The van der Waals surface area contributed by atoms with Gasteiger partial charge in [0, 0.05) is 19.5 Å². The lowest BCUT2D eigenvalue weighted by Crippen LogP contribution is -2.37. The summed E-state index contributed by atoms with van der Waals surface area (Å²) in [6.07, 6.45) is 4.44. The number of aryl methyl sites for hydroxylation is 1. The quantitative estimate of drug-likeness (QED) is 0.740. The molecule has 0 atom stereocenters. The number of nitrogens with zero attached hydrogens (tertiary/aromatic N) is 3. The molecule has 2 rings (SSSR count). The summed E-state index contributed by atoms with van der Waals surface area (Å²) in [6, 6.07) is 0. The highest BCUT2D eigenvalue weighted by Crippen LogP contribution is 2.21. The van der Waals surface area contributed by atoms with E-state index in [4.69, 9.17) is 0 Å². The summed E-state index contributed by atoms with van der Waals surface area (Å²) < 4.78 is 2.11. The van der Waals surface area contributed by atoms with E-state index < -0.39 is 0 Å². The molecule has 0 aromatic carbocycles. The number of nitrogens with one attached hydrogen (secondary N) is 2. The summed E-state index contributed by atoms with van der Waals surface area (Å²) >= 11 is 1.37. The number of hydrogen-bond donors (Lipinski definition) is 2. The molecule has 0 bridgehead atoms. The average molecular weight is 311 g/mol. The fraction of sp³-hybridized carbons (Fsp3) is 0.692. The number of hydrogen-bond acceptors (Lipinski definition) is 5. The molecule has 1 aliphatic rings. The van der Waals surface area contributed by atoms with Crippen molar-refractivity contribution in [1.82, 2.24) is 25.4 Å². The zero-order chi connectivity index (χ0) is 15.1. The highest BCUT2D eigenvalue weighted by molar-refractivity contribution is 7.99. The predicted molar refractivity (Wildman–Crippen MR) is 80.0 cm³/mol. The van der Waals surface area contributed by atoms with Crippen molar-refractivity contribution in [1.29, 1.82) is 0 Å². The molecule has 0 radical (unpaired) electrons. The van der Waals surface area contributed by atoms with Crippen molar-refractivity contribution in [2.45, 2.75) is 44.3 Å². The Bertz CT molecular complexity index is 503. The lowest BCUT2D eigenvalue weighted by molar-refractivity contribution is -0.124. The van der Waals surface area contributed by atoms with E-state index in [1.165, 1.54) is 18.2 Å². The third kappa shape index (κ3) is 4.73. The molecule has 2 N–H and O–H groups in total. The van der Waals surface area contributed by atoms with Crippen molar-refractivity contribution < 1.29 is 9.59 Å². The monoisotopic (exact) mass is 311 g/mol. The Kier molecular flexibility index (Phi) is 6.04. The zero-order valence-electron chi connectivity index (χ0n) is 12.2. The standard InChI is InChI=1S/C13H21N5O2S/c1-2-14-11(19)8-15-12(20)9-21-13-17-16-10-6-4-3-5-7-18(10)13/h2-9H2,1H3,(H,14,19)(H,15,20). The van der Waals surface area contributed by atoms with E-state index in [1.807, 2.05) is 6.92 Å². The minimum Gasteiger partial charge on any atom is -0.355 e. The van der Waals surface area contributed by atoms with Gasteiger partial charge >= 0.3 is 0 Å². The molecule has 0 spiro atoms. The first-order valence-corrected chi connectivity index (χ1v) is 8.27. The second kappa shape index (κ2) is 8.02. The van der Waals surface area contributed by atoms with Crippen LogP contribution in [0.2, 0.25) is 0 Å². The van der Waals surface area contributed by atoms with Crippen LogP contribution in [0.3, 0.4) is 0 Å². The molecule has 0 unspecified atom stereocenters. The van der Waals surface area contributed by atoms with Gasteiger partial charge in [-0.3, -0.25) is 9.59 Å². The Balaban J connectivity index is 1.79. The number of rotatable bonds is 6. The largest absolute Gasteiger partial charge is 0.355 e. The number of aromatic nitrogens is 3. The topological polar surface area (TPSA) is 88.9 Å². The van der Waals surface area contributed by atoms with Crippen molar-refractivity contribution in [3.05, 3.63) is 5.82 Å². The summed E-state index contributed by atoms with van der Waals surface area (Å²) in [7, 11) is 0. The Morgan fingerprint density at radius 3 is 2.86 bits per heavy atom. The third-order valence-corrected chi connectivity index (χ3v) is 4.19. The molecule has 1 aromatic heterocycles. The van der Waals surface area contributed by atoms with Crippen molar-refractivity contribution in [2.75, 3.05) is 18.8 Å². The molecule has 0 saturated carbocycles. The van der Waals surface area contributed by atoms with Crippen LogP contribution in [-0.2, 0) is 22.6 Å². The SMILES string of the molecule is CCNC(=O)CNC(=O)CSc1nnc2n1CCCCC2. The molecular formula is C13H21N5O2S. The fourth-order valence-corrected chi connectivity index (χ4v) is 3.00. The van der Waals surface area contributed by atoms with Gasteiger partial charge in [-0.2, -0.15) is 0 Å². The molecule has 7 nitrogen and oxygen atoms in total. The van der Waals surface area contributed by atoms with Gasteiger partial charge in [0.1, 0.15) is 5.82 Å². The molecule has 1 aromatic rings. The van der Waals surface area contributed by atoms with Gasteiger partial charge in [0.25, 0.3) is 0 Å². The van der Waals surface area contributed by atoms with Crippen LogP contribution in [0.15, 0.2) is 5.16 Å². The van der Waals surface area contributed by atoms with Crippen LogP contribution >= 0.6 is 11.8 Å². The second-order valence-electron chi connectivity index (χ2n) is 4.88. The molecular weight excluding hydrogens is 290 g/mol. The van der Waals surface area contributed by atoms with E-state index in [1.54, 1.807) is 0 Å². The maximum absolute atomic E-state index is 11.7. The molecule has 0 fully saturated rings. The Morgan fingerprint density at radius 2 is 2.05 bits per heavy atom. The second-order valence-corrected chi connectivity index (χ2v) is 5.82. The van der Waals surface area contributed by atoms with E-state index in [-0.39, 0.29) is 24.1 Å². The van der Waals surface area contributed by atoms with Gasteiger partial charge in [-0.15, -0.1) is 10.2 Å². The summed E-state index contributed by atoms with van der Waals surface area (Å²) in [4.78, 5) is 23.0. The summed E-state index contributed by atoms with van der Waals surface area (Å²) in [5.74, 6) is 0.916. The van der Waals surface area contributed by atoms with Crippen molar-refractivity contribution in [3.8, 4) is 0 Å². The maximum atomic E-state index is 11.7. The summed E-state index contributed by atoms with van der Waals surface area (Å²) in [5.41, 5.74) is 0. The van der Waals surface area contributed by atoms with Gasteiger partial charge in [-0.25, -0.2) is 0 Å². The number of fused-ring (bicyclic) bond motifs is 1. The van der Waals surface area contributed by atoms with Crippen LogP contribution < -0.4 is 10.6 Å². The van der Waals surface area contributed by atoms with E-state index in [0.717, 1.165) is 36.8 Å². The van der Waals surface area contributed by atoms with Gasteiger partial charge in [-0.05, 0) is 19.8 Å². The highest BCUT2D eigenvalue weighted by Gasteiger charge is 2.16. The van der Waals surface area contributed by atoms with E-state index in [0.29, 0.717) is 6.54 Å². The van der Waals surface area contributed by atoms with Crippen LogP contribution in [0.25, 0.3) is 0 Å². The molecule has 0 saturated heterocycles. The van der Waals surface area contributed by atoms with Gasteiger partial charge in [0.2, 0.25) is 11.8 Å². The summed E-state index contributed by atoms with van der Waals surface area (Å²) in [6.45, 7) is 3.35. The number of amides is 2. The van der Waals surface area contributed by atoms with Crippen molar-refractivity contribution in [2.24, 2.45) is 0 Å². The number of carbonyl (C=O) groups excluding carboxylic acids is 2. The molecule has 21 heavy (non-hydrogen) atoms. The van der Waals surface area contributed by atoms with Crippen LogP contribution in [0.4, 0.5) is 0 Å². The highest BCUT2D eigenvalue weighted by atomic mass is 32.2. The Hall–Kier alpha value is -1.57. The van der Waals surface area contributed by atoms with E-state index in [2.05, 4.69) is 25.4 Å². The summed E-state index contributed by atoms with van der Waals surface area (Å²) in [5, 5.41) is 14.4. The van der Waals surface area contributed by atoms with Crippen molar-refractivity contribution >= 4 is 23.6 Å². The lowest BCUT2D eigenvalue weighted by Gasteiger charge is -2.07. The number of likely N-dealkylation sites (N-methyl/N-ethyl adjacent to an activating group) is 1. The van der Waals surface area contributed by atoms with Gasteiger partial charge in [0.05, 0.1) is 12.3 Å². The van der Waals surface area contributed by atoms with Gasteiger partial charge in [0.15, 0.2) is 5.16 Å². The molecule has 2 amide bonds. The van der Waals surface area contributed by atoms with Crippen molar-refractivity contribution in [3.63, 3.8) is 0 Å². The van der Waals surface area contributed by atoms with Crippen LogP contribution in [0.5, 0.6) is 0 Å². The third-order valence-electron chi connectivity index (χ3n) is 3.23. The Labute approximate surface area is 128 Å². The molecule has 2 heterocycles. The van der Waals surface area contributed by atoms with Gasteiger partial charge < -0.3 is 15.2 Å². The maximum Gasteiger partial charge on any atom is 0.239 e. The molecule has 1 aliphatic heterocycles. The van der Waals surface area contributed by atoms with E-state index >= 15 is 0 Å². The van der Waals surface area contributed by atoms with Gasteiger partial charge in [-0.1, -0.05) is 18.2 Å². The molecule has 0 aliphatic carbocycles.